The highest BCUT2D eigenvalue weighted by Crippen LogP contribution is 2.19. The van der Waals surface area contributed by atoms with Crippen molar-refractivity contribution in [2.75, 3.05) is 7.11 Å². The van der Waals surface area contributed by atoms with Gasteiger partial charge in [-0.05, 0) is 37.1 Å². The molecule has 4 rings (SSSR count). The number of esters is 1. The van der Waals surface area contributed by atoms with Gasteiger partial charge in [-0.3, -0.25) is 14.6 Å². The summed E-state index contributed by atoms with van der Waals surface area (Å²) in [7, 11) is 1.29. The molecule has 0 unspecified atom stereocenters. The van der Waals surface area contributed by atoms with Crippen LogP contribution in [0.4, 0.5) is 0 Å². The van der Waals surface area contributed by atoms with Crippen LogP contribution in [-0.2, 0) is 27.2 Å². The number of para-hydroxylation sites is 1. The molecule has 0 saturated heterocycles. The number of rotatable bonds is 8. The van der Waals surface area contributed by atoms with Gasteiger partial charge in [0.25, 0.3) is 5.56 Å². The number of fused-ring (bicyclic) bond motifs is 1. The third kappa shape index (κ3) is 5.03. The van der Waals surface area contributed by atoms with Crippen molar-refractivity contribution in [3.63, 3.8) is 0 Å². The number of nitrogens with zero attached hydrogens (tertiary/aromatic N) is 2. The number of carbonyl (C=O) groups is 2. The molecule has 0 aliphatic rings. The van der Waals surface area contributed by atoms with Gasteiger partial charge >= 0.3 is 5.97 Å². The van der Waals surface area contributed by atoms with Crippen LogP contribution in [0, 0.1) is 6.92 Å². The molecule has 174 valence electrons. The zero-order chi connectivity index (χ0) is 24.1. The number of hydrogen-bond acceptors (Lipinski definition) is 6. The Morgan fingerprint density at radius 1 is 1.15 bits per heavy atom. The maximum absolute atomic E-state index is 12.7. The fourth-order valence-electron chi connectivity index (χ4n) is 3.91. The van der Waals surface area contributed by atoms with Gasteiger partial charge in [0.15, 0.2) is 0 Å². The quantitative estimate of drug-likeness (QED) is 0.347. The minimum atomic E-state index is -0.844. The average molecular weight is 460 g/mol. The number of amides is 1. The Hall–Kier alpha value is -4.27. The van der Waals surface area contributed by atoms with E-state index in [1.807, 2.05) is 30.5 Å². The van der Waals surface area contributed by atoms with E-state index in [4.69, 9.17) is 4.74 Å². The molecule has 3 heterocycles. The molecule has 0 radical (unpaired) electrons. The van der Waals surface area contributed by atoms with Crippen molar-refractivity contribution in [3.8, 4) is 11.4 Å². The molecule has 1 atom stereocenters. The normalized spacial score (nSPS) is 11.8. The first-order valence-corrected chi connectivity index (χ1v) is 10.9. The fourth-order valence-corrected chi connectivity index (χ4v) is 3.91. The van der Waals surface area contributed by atoms with Gasteiger partial charge < -0.3 is 20.0 Å². The lowest BCUT2D eigenvalue weighted by Gasteiger charge is -2.16. The van der Waals surface area contributed by atoms with Crippen molar-refractivity contribution in [3.05, 3.63) is 82.2 Å². The molecule has 0 spiro atoms. The maximum Gasteiger partial charge on any atom is 0.328 e. The van der Waals surface area contributed by atoms with Gasteiger partial charge in [0, 0.05) is 59.2 Å². The van der Waals surface area contributed by atoms with Gasteiger partial charge in [-0.15, -0.1) is 0 Å². The highest BCUT2D eigenvalue weighted by Gasteiger charge is 2.23. The lowest BCUT2D eigenvalue weighted by Crippen LogP contribution is -2.43. The van der Waals surface area contributed by atoms with Crippen LogP contribution in [0.5, 0.6) is 0 Å². The monoisotopic (exact) mass is 459 g/mol. The first-order chi connectivity index (χ1) is 16.5. The number of pyridine rings is 1. The molecule has 34 heavy (non-hydrogen) atoms. The molecule has 4 aromatic rings. The van der Waals surface area contributed by atoms with E-state index in [1.165, 1.54) is 7.11 Å². The molecule has 0 bridgehead atoms. The summed E-state index contributed by atoms with van der Waals surface area (Å²) >= 11 is 0. The zero-order valence-corrected chi connectivity index (χ0v) is 18.9. The summed E-state index contributed by atoms with van der Waals surface area (Å²) in [6, 6.07) is 10.4. The lowest BCUT2D eigenvalue weighted by molar-refractivity contribution is -0.145. The van der Waals surface area contributed by atoms with Gasteiger partial charge in [0.05, 0.1) is 7.11 Å². The van der Waals surface area contributed by atoms with Gasteiger partial charge in [-0.2, -0.15) is 0 Å². The van der Waals surface area contributed by atoms with E-state index in [-0.39, 0.29) is 30.7 Å². The average Bonchev–Trinajstić information content (AvgIpc) is 3.26. The highest BCUT2D eigenvalue weighted by atomic mass is 16.5. The van der Waals surface area contributed by atoms with Crippen molar-refractivity contribution >= 4 is 22.8 Å². The molecule has 0 fully saturated rings. The van der Waals surface area contributed by atoms with E-state index in [0.29, 0.717) is 17.1 Å². The predicted octanol–water partition coefficient (Wildman–Crippen LogP) is 2.45. The van der Waals surface area contributed by atoms with Crippen LogP contribution in [0.25, 0.3) is 22.3 Å². The van der Waals surface area contributed by atoms with Crippen molar-refractivity contribution in [1.29, 1.82) is 0 Å². The number of ether oxygens (including phenoxy) is 1. The van der Waals surface area contributed by atoms with Crippen LogP contribution in [-0.4, -0.2) is 45.0 Å². The van der Waals surface area contributed by atoms with E-state index in [1.54, 1.807) is 31.5 Å². The third-order valence-corrected chi connectivity index (χ3v) is 5.70. The second-order valence-corrected chi connectivity index (χ2v) is 7.92. The van der Waals surface area contributed by atoms with Crippen molar-refractivity contribution in [2.24, 2.45) is 0 Å². The summed E-state index contributed by atoms with van der Waals surface area (Å²) in [6.45, 7) is 1.74. The minimum absolute atomic E-state index is 0.0293. The summed E-state index contributed by atoms with van der Waals surface area (Å²) < 4.78 is 4.90. The second-order valence-electron chi connectivity index (χ2n) is 7.92. The van der Waals surface area contributed by atoms with E-state index < -0.39 is 12.0 Å². The van der Waals surface area contributed by atoms with E-state index in [0.717, 1.165) is 22.0 Å². The Labute approximate surface area is 195 Å². The molecular formula is C25H25N5O4. The minimum Gasteiger partial charge on any atom is -0.467 e. The summed E-state index contributed by atoms with van der Waals surface area (Å²) in [4.78, 5) is 52.0. The summed E-state index contributed by atoms with van der Waals surface area (Å²) in [6.07, 6.45) is 5.57. The van der Waals surface area contributed by atoms with Crippen LogP contribution in [0.3, 0.4) is 0 Å². The first-order valence-electron chi connectivity index (χ1n) is 10.9. The molecule has 0 saturated carbocycles. The Kier molecular flexibility index (Phi) is 6.82. The van der Waals surface area contributed by atoms with Crippen LogP contribution in [0.1, 0.15) is 23.2 Å². The van der Waals surface area contributed by atoms with Crippen LogP contribution in [0.15, 0.2) is 59.8 Å². The van der Waals surface area contributed by atoms with Crippen LogP contribution >= 0.6 is 0 Å². The molecule has 1 amide bonds. The highest BCUT2D eigenvalue weighted by molar-refractivity contribution is 5.87. The van der Waals surface area contributed by atoms with Gasteiger partial charge in [0.1, 0.15) is 11.9 Å². The van der Waals surface area contributed by atoms with E-state index >= 15 is 0 Å². The van der Waals surface area contributed by atoms with Gasteiger partial charge in [-0.1, -0.05) is 18.2 Å². The fraction of sp³-hybridized carbons (Fsp3) is 0.240. The van der Waals surface area contributed by atoms with Crippen LogP contribution < -0.4 is 10.9 Å². The van der Waals surface area contributed by atoms with Gasteiger partial charge in [0.2, 0.25) is 5.91 Å². The molecule has 9 nitrogen and oxygen atoms in total. The number of hydrogen-bond donors (Lipinski definition) is 3. The number of carbonyl (C=O) groups excluding carboxylic acids is 2. The first kappa shape index (κ1) is 22.9. The number of H-pyrrole nitrogens is 2. The Balaban J connectivity index is 1.44. The lowest BCUT2D eigenvalue weighted by atomic mass is 10.0. The predicted molar refractivity (Wildman–Crippen MR) is 127 cm³/mol. The molecule has 0 aliphatic heterocycles. The van der Waals surface area contributed by atoms with Crippen molar-refractivity contribution in [1.82, 2.24) is 25.3 Å². The molecule has 3 N–H and O–H groups in total. The number of aromatic amines is 2. The van der Waals surface area contributed by atoms with Gasteiger partial charge in [-0.25, -0.2) is 9.78 Å². The van der Waals surface area contributed by atoms with E-state index in [9.17, 15) is 14.4 Å². The maximum atomic E-state index is 12.7. The van der Waals surface area contributed by atoms with Crippen molar-refractivity contribution in [2.45, 2.75) is 32.2 Å². The largest absolute Gasteiger partial charge is 0.467 e. The number of aryl methyl sites for hydroxylation is 1. The number of benzene rings is 1. The zero-order valence-electron chi connectivity index (χ0n) is 18.9. The topological polar surface area (TPSA) is 130 Å². The molecule has 3 aromatic heterocycles. The molecule has 9 heteroatoms. The standard InChI is InChI=1S/C25H25N5O4/c1-15-18(24(32)30-23(28-15)16-9-11-26-12-10-16)7-8-22(31)29-21(25(33)34-2)13-17-14-27-20-6-4-3-5-19(17)20/h3-6,9-12,14,21,27H,7-8,13H2,1-2H3,(H,29,31)(H,28,30,32)/t21-/m1/s1. The number of nitrogens with one attached hydrogen (secondary N) is 3. The Morgan fingerprint density at radius 3 is 2.65 bits per heavy atom. The Bertz CT molecular complexity index is 1380. The SMILES string of the molecule is COC(=O)[C@@H](Cc1c[nH]c2ccccc12)NC(=O)CCc1c(C)nc(-c2ccncc2)[nH]c1=O. The summed E-state index contributed by atoms with van der Waals surface area (Å²) in [5.41, 5.74) is 3.28. The summed E-state index contributed by atoms with van der Waals surface area (Å²) in [5, 5.41) is 3.73. The second kappa shape index (κ2) is 10.1. The van der Waals surface area contributed by atoms with Crippen LogP contribution in [0.2, 0.25) is 0 Å². The molecule has 1 aromatic carbocycles. The molecule has 0 aliphatic carbocycles. The number of aromatic nitrogens is 4. The third-order valence-electron chi connectivity index (χ3n) is 5.70. The summed E-state index contributed by atoms with van der Waals surface area (Å²) in [5.74, 6) is -0.439. The smallest absolute Gasteiger partial charge is 0.328 e. The number of methoxy groups -OCH3 is 1. The molecular weight excluding hydrogens is 434 g/mol. The van der Waals surface area contributed by atoms with E-state index in [2.05, 4.69) is 25.3 Å². The van der Waals surface area contributed by atoms with Crippen molar-refractivity contribution < 1.29 is 14.3 Å². The Morgan fingerprint density at radius 2 is 1.91 bits per heavy atom.